The Labute approximate surface area is 114 Å². The van der Waals surface area contributed by atoms with Crippen LogP contribution in [0.1, 0.15) is 19.8 Å². The smallest absolute Gasteiger partial charge is 0.327 e. The molecule has 5 N–H and O–H groups in total. The summed E-state index contributed by atoms with van der Waals surface area (Å²) in [6.45, 7) is 1.20. The summed E-state index contributed by atoms with van der Waals surface area (Å²) in [7, 11) is 0. The first-order chi connectivity index (χ1) is 9.23. The van der Waals surface area contributed by atoms with E-state index in [2.05, 4.69) is 5.32 Å². The van der Waals surface area contributed by atoms with E-state index in [0.29, 0.717) is 4.90 Å². The van der Waals surface area contributed by atoms with E-state index in [1.165, 1.54) is 0 Å². The van der Waals surface area contributed by atoms with Crippen LogP contribution < -0.4 is 11.1 Å². The zero-order chi connectivity index (χ0) is 15.4. The Morgan fingerprint density at radius 2 is 2.00 bits per heavy atom. The van der Waals surface area contributed by atoms with Gasteiger partial charge in [-0.2, -0.15) is 0 Å². The highest BCUT2D eigenvalue weighted by Crippen LogP contribution is 2.14. The number of β-amino-alcohol motifs (C(OH)–C–C–N with tert-alkyl or cyclic N) is 1. The summed E-state index contributed by atoms with van der Waals surface area (Å²) in [5, 5.41) is 21.1. The molecule has 3 atom stereocenters. The fraction of sp³-hybridized carbons (Fsp3) is 0.636. The molecule has 1 aliphatic heterocycles. The van der Waals surface area contributed by atoms with Crippen LogP contribution in [0.25, 0.3) is 0 Å². The number of carbonyl (C=O) groups excluding carboxylic acids is 3. The predicted octanol–water partition coefficient (Wildman–Crippen LogP) is -2.59. The third kappa shape index (κ3) is 3.75. The number of amides is 3. The van der Waals surface area contributed by atoms with Crippen LogP contribution in [-0.4, -0.2) is 63.5 Å². The summed E-state index contributed by atoms with van der Waals surface area (Å²) in [4.78, 5) is 46.3. The molecule has 0 radical (unpaired) electrons. The Morgan fingerprint density at radius 1 is 1.40 bits per heavy atom. The fourth-order valence-electron chi connectivity index (χ4n) is 2.08. The van der Waals surface area contributed by atoms with Crippen molar-refractivity contribution in [1.82, 2.24) is 10.2 Å². The summed E-state index contributed by atoms with van der Waals surface area (Å²) >= 11 is 0. The summed E-state index contributed by atoms with van der Waals surface area (Å²) in [5.74, 6) is -4.02. The van der Waals surface area contributed by atoms with Gasteiger partial charge in [-0.25, -0.2) is 4.79 Å². The van der Waals surface area contributed by atoms with Crippen molar-refractivity contribution in [2.45, 2.75) is 38.0 Å². The predicted molar refractivity (Wildman–Crippen MR) is 65.2 cm³/mol. The van der Waals surface area contributed by atoms with Gasteiger partial charge in [0.15, 0.2) is 0 Å². The van der Waals surface area contributed by atoms with Crippen LogP contribution in [-0.2, 0) is 19.2 Å². The van der Waals surface area contributed by atoms with Gasteiger partial charge in [-0.05, 0) is 6.42 Å². The average Bonchev–Trinajstić information content (AvgIpc) is 2.73. The average molecular weight is 287 g/mol. The van der Waals surface area contributed by atoms with Crippen LogP contribution in [0.4, 0.5) is 0 Å². The number of hydrogen-bond donors (Lipinski definition) is 4. The largest absolute Gasteiger partial charge is 0.480 e. The van der Waals surface area contributed by atoms with Crippen molar-refractivity contribution in [3.8, 4) is 0 Å². The maximum atomic E-state index is 12.2. The van der Waals surface area contributed by atoms with Crippen LogP contribution in [0, 0.1) is 0 Å². The molecule has 20 heavy (non-hydrogen) atoms. The maximum Gasteiger partial charge on any atom is 0.327 e. The number of nitrogens with two attached hydrogens (primary N) is 1. The molecule has 0 aromatic rings. The zero-order valence-corrected chi connectivity index (χ0v) is 10.9. The van der Waals surface area contributed by atoms with Crippen LogP contribution in [0.5, 0.6) is 0 Å². The van der Waals surface area contributed by atoms with Gasteiger partial charge in [0.2, 0.25) is 17.7 Å². The zero-order valence-electron chi connectivity index (χ0n) is 10.9. The number of aliphatic hydroxyl groups excluding tert-OH is 1. The third-order valence-corrected chi connectivity index (χ3v) is 2.97. The number of rotatable bonds is 5. The lowest BCUT2D eigenvalue weighted by molar-refractivity contribution is -0.159. The van der Waals surface area contributed by atoms with Gasteiger partial charge in [0.1, 0.15) is 6.04 Å². The quantitative estimate of drug-likeness (QED) is 0.433. The minimum Gasteiger partial charge on any atom is -0.480 e. The summed E-state index contributed by atoms with van der Waals surface area (Å²) < 4.78 is 0. The number of aliphatic carboxylic acids is 1. The number of nitrogens with zero attached hydrogens (tertiary/aromatic N) is 1. The lowest BCUT2D eigenvalue weighted by atomic mass is 10.1. The minimum absolute atomic E-state index is 0.0749. The van der Waals surface area contributed by atoms with Crippen LogP contribution >= 0.6 is 0 Å². The van der Waals surface area contributed by atoms with Gasteiger partial charge < -0.3 is 21.3 Å². The molecule has 0 spiro atoms. The normalized spacial score (nSPS) is 23.1. The van der Waals surface area contributed by atoms with E-state index in [9.17, 15) is 24.3 Å². The van der Waals surface area contributed by atoms with Gasteiger partial charge in [-0.15, -0.1) is 0 Å². The van der Waals surface area contributed by atoms with Crippen LogP contribution in [0.15, 0.2) is 0 Å². The maximum absolute atomic E-state index is 12.2. The molecule has 1 rings (SSSR count). The molecule has 0 aromatic heterocycles. The monoisotopic (exact) mass is 287 g/mol. The molecule has 3 unspecified atom stereocenters. The number of carboxylic acids is 1. The third-order valence-electron chi connectivity index (χ3n) is 2.97. The molecule has 9 heteroatoms. The molecule has 1 aliphatic rings. The second-order valence-corrected chi connectivity index (χ2v) is 4.60. The van der Waals surface area contributed by atoms with E-state index in [4.69, 9.17) is 10.8 Å². The molecule has 112 valence electrons. The van der Waals surface area contributed by atoms with E-state index >= 15 is 0 Å². The highest BCUT2D eigenvalue weighted by Gasteiger charge is 2.39. The van der Waals surface area contributed by atoms with Gasteiger partial charge in [-0.3, -0.25) is 19.3 Å². The molecule has 0 saturated carbocycles. The molecule has 0 aliphatic carbocycles. The molecule has 3 amide bonds. The number of aliphatic hydroxyl groups is 1. The van der Waals surface area contributed by atoms with Crippen molar-refractivity contribution < 1.29 is 29.4 Å². The van der Waals surface area contributed by atoms with Gasteiger partial charge in [0.05, 0.1) is 18.6 Å². The number of carboxylic acid groups (broad SMARTS) is 1. The van der Waals surface area contributed by atoms with E-state index in [-0.39, 0.29) is 13.0 Å². The van der Waals surface area contributed by atoms with Gasteiger partial charge in [0.25, 0.3) is 0 Å². The lowest BCUT2D eigenvalue weighted by Crippen LogP contribution is -2.54. The molecular weight excluding hydrogens is 270 g/mol. The van der Waals surface area contributed by atoms with Crippen molar-refractivity contribution in [1.29, 1.82) is 0 Å². The summed E-state index contributed by atoms with van der Waals surface area (Å²) in [6, 6.07) is -2.50. The number of hydrogen-bond acceptors (Lipinski definition) is 6. The summed E-state index contributed by atoms with van der Waals surface area (Å²) in [6.07, 6.45) is -1.32. The van der Waals surface area contributed by atoms with Crippen molar-refractivity contribution in [2.24, 2.45) is 5.73 Å². The van der Waals surface area contributed by atoms with E-state index < -0.39 is 48.3 Å². The molecule has 1 fully saturated rings. The van der Waals surface area contributed by atoms with Crippen LogP contribution in [0.3, 0.4) is 0 Å². The Balaban J connectivity index is 2.96. The van der Waals surface area contributed by atoms with Crippen molar-refractivity contribution in [3.63, 3.8) is 0 Å². The second-order valence-electron chi connectivity index (χ2n) is 4.60. The Morgan fingerprint density at radius 3 is 2.35 bits per heavy atom. The highest BCUT2D eigenvalue weighted by atomic mass is 16.4. The Kier molecular flexibility index (Phi) is 5.17. The lowest BCUT2D eigenvalue weighted by Gasteiger charge is -2.27. The first-order valence-electron chi connectivity index (χ1n) is 6.00. The SMILES string of the molecule is CC(=O)N(C(=O)C1CC(O)CN1)C(CC(N)=O)C(=O)O. The number of imide groups is 1. The summed E-state index contributed by atoms with van der Waals surface area (Å²) in [5.41, 5.74) is 4.94. The van der Waals surface area contributed by atoms with Crippen molar-refractivity contribution in [2.75, 3.05) is 6.54 Å². The standard InChI is InChI=1S/C11H17N3O6/c1-5(15)14(8(11(19)20)3-9(12)17)10(18)7-2-6(16)4-13-7/h6-8,13,16H,2-4H2,1H3,(H2,12,17)(H,19,20). The first kappa shape index (κ1) is 16.1. The van der Waals surface area contributed by atoms with E-state index in [1.54, 1.807) is 0 Å². The minimum atomic E-state index is -1.64. The van der Waals surface area contributed by atoms with Gasteiger partial charge >= 0.3 is 5.97 Å². The molecule has 1 heterocycles. The van der Waals surface area contributed by atoms with Crippen molar-refractivity contribution in [3.05, 3.63) is 0 Å². The second kappa shape index (κ2) is 6.44. The number of primary amides is 1. The Hall–Kier alpha value is -2.00. The van der Waals surface area contributed by atoms with Gasteiger partial charge in [-0.1, -0.05) is 0 Å². The molecule has 0 bridgehead atoms. The Bertz CT molecular complexity index is 438. The molecule has 1 saturated heterocycles. The topological polar surface area (TPSA) is 150 Å². The highest BCUT2D eigenvalue weighted by molar-refractivity contribution is 6.01. The van der Waals surface area contributed by atoms with E-state index in [1.807, 2.05) is 0 Å². The fourth-order valence-corrected chi connectivity index (χ4v) is 2.08. The molecule has 0 aromatic carbocycles. The van der Waals surface area contributed by atoms with Crippen molar-refractivity contribution >= 4 is 23.7 Å². The number of carbonyl (C=O) groups is 4. The van der Waals surface area contributed by atoms with Gasteiger partial charge in [0, 0.05) is 13.5 Å². The van der Waals surface area contributed by atoms with Crippen LogP contribution in [0.2, 0.25) is 0 Å². The molecular formula is C11H17N3O6. The first-order valence-corrected chi connectivity index (χ1v) is 6.00. The van der Waals surface area contributed by atoms with E-state index in [0.717, 1.165) is 6.92 Å². The molecule has 9 nitrogen and oxygen atoms in total. The number of nitrogens with one attached hydrogen (secondary N) is 1.